The van der Waals surface area contributed by atoms with Crippen molar-refractivity contribution in [1.29, 1.82) is 0 Å². The first-order valence-corrected chi connectivity index (χ1v) is 3.83. The van der Waals surface area contributed by atoms with Crippen molar-refractivity contribution in [2.24, 2.45) is 0 Å². The van der Waals surface area contributed by atoms with Gasteiger partial charge in [0.05, 0.1) is 6.61 Å². The normalized spacial score (nSPS) is 10.8. The van der Waals surface area contributed by atoms with Crippen LogP contribution in [0.4, 0.5) is 0 Å². The van der Waals surface area contributed by atoms with Crippen LogP contribution >= 0.6 is 0 Å². The summed E-state index contributed by atoms with van der Waals surface area (Å²) in [5, 5.41) is 18.0. The maximum absolute atomic E-state index is 9.10. The van der Waals surface area contributed by atoms with Gasteiger partial charge >= 0.3 is 0 Å². The molecule has 1 aromatic rings. The van der Waals surface area contributed by atoms with E-state index in [2.05, 4.69) is 0 Å². The molecule has 0 aliphatic rings. The zero-order valence-electron chi connectivity index (χ0n) is 6.99. The summed E-state index contributed by atoms with van der Waals surface area (Å²) in [7, 11) is 0. The second-order valence-corrected chi connectivity index (χ2v) is 2.54. The van der Waals surface area contributed by atoms with E-state index in [0.717, 1.165) is 11.1 Å². The van der Waals surface area contributed by atoms with Gasteiger partial charge in [-0.05, 0) is 30.2 Å². The minimum Gasteiger partial charge on any atom is -0.508 e. The average Bonchev–Trinajstić information content (AvgIpc) is 2.08. The predicted octanol–water partition coefficient (Wildman–Crippen LogP) is 1.92. The van der Waals surface area contributed by atoms with Crippen molar-refractivity contribution in [3.63, 3.8) is 0 Å². The van der Waals surface area contributed by atoms with Crippen molar-refractivity contribution in [2.45, 2.75) is 13.5 Å². The van der Waals surface area contributed by atoms with Crippen LogP contribution in [0.5, 0.6) is 5.75 Å². The van der Waals surface area contributed by atoms with Gasteiger partial charge in [-0.2, -0.15) is 0 Å². The Morgan fingerprint density at radius 2 is 2.17 bits per heavy atom. The summed E-state index contributed by atoms with van der Waals surface area (Å²) in [5.74, 6) is 0.187. The van der Waals surface area contributed by atoms with E-state index in [9.17, 15) is 0 Å². The van der Waals surface area contributed by atoms with E-state index >= 15 is 0 Å². The molecule has 0 amide bonds. The van der Waals surface area contributed by atoms with Crippen molar-refractivity contribution >= 4 is 6.08 Å². The molecule has 12 heavy (non-hydrogen) atoms. The quantitative estimate of drug-likeness (QED) is 0.701. The standard InChI is InChI=1S/C10H12O2/c1-2-3-8-4-5-10(12)6-9(8)7-11/h2-6,11-12H,7H2,1H3/b3-2+. The van der Waals surface area contributed by atoms with Gasteiger partial charge in [-0.15, -0.1) is 0 Å². The lowest BCUT2D eigenvalue weighted by Gasteiger charge is -2.02. The lowest BCUT2D eigenvalue weighted by Crippen LogP contribution is -1.87. The Balaban J connectivity index is 3.10. The van der Waals surface area contributed by atoms with E-state index in [-0.39, 0.29) is 12.4 Å². The van der Waals surface area contributed by atoms with Crippen LogP contribution in [0.3, 0.4) is 0 Å². The Labute approximate surface area is 71.8 Å². The molecule has 0 aromatic heterocycles. The lowest BCUT2D eigenvalue weighted by molar-refractivity contribution is 0.281. The van der Waals surface area contributed by atoms with Crippen LogP contribution < -0.4 is 0 Å². The van der Waals surface area contributed by atoms with E-state index in [4.69, 9.17) is 10.2 Å². The molecule has 0 radical (unpaired) electrons. The number of allylic oxidation sites excluding steroid dienone is 1. The molecule has 0 fully saturated rings. The van der Waals surface area contributed by atoms with Crippen molar-refractivity contribution < 1.29 is 10.2 Å². The summed E-state index contributed by atoms with van der Waals surface area (Å²) in [5.41, 5.74) is 1.69. The van der Waals surface area contributed by atoms with Gasteiger partial charge in [0, 0.05) is 0 Å². The molecular formula is C10H12O2. The highest BCUT2D eigenvalue weighted by molar-refractivity contribution is 5.55. The first-order chi connectivity index (χ1) is 5.77. The van der Waals surface area contributed by atoms with Crippen molar-refractivity contribution in [1.82, 2.24) is 0 Å². The van der Waals surface area contributed by atoms with Crippen molar-refractivity contribution in [3.8, 4) is 5.75 Å². The fraction of sp³-hybridized carbons (Fsp3) is 0.200. The molecule has 64 valence electrons. The van der Waals surface area contributed by atoms with E-state index in [1.165, 1.54) is 0 Å². The van der Waals surface area contributed by atoms with Crippen LogP contribution in [0, 0.1) is 0 Å². The first kappa shape index (κ1) is 8.81. The van der Waals surface area contributed by atoms with Gasteiger partial charge in [0.15, 0.2) is 0 Å². The number of phenols is 1. The number of hydrogen-bond acceptors (Lipinski definition) is 2. The summed E-state index contributed by atoms with van der Waals surface area (Å²) in [6.45, 7) is 1.86. The van der Waals surface area contributed by atoms with Gasteiger partial charge in [0.1, 0.15) is 5.75 Å². The zero-order valence-corrected chi connectivity index (χ0v) is 6.99. The molecule has 0 unspecified atom stereocenters. The molecule has 0 bridgehead atoms. The average molecular weight is 164 g/mol. The molecule has 0 aliphatic carbocycles. The van der Waals surface area contributed by atoms with E-state index in [0.29, 0.717) is 0 Å². The third-order valence-corrected chi connectivity index (χ3v) is 1.64. The molecule has 2 nitrogen and oxygen atoms in total. The Kier molecular flexibility index (Phi) is 2.88. The maximum atomic E-state index is 9.10. The number of aliphatic hydroxyl groups excluding tert-OH is 1. The number of benzene rings is 1. The molecular weight excluding hydrogens is 152 g/mol. The van der Waals surface area contributed by atoms with E-state index in [1.54, 1.807) is 18.2 Å². The Bertz CT molecular complexity index is 290. The van der Waals surface area contributed by atoms with Crippen LogP contribution in [-0.4, -0.2) is 10.2 Å². The molecule has 2 N–H and O–H groups in total. The monoisotopic (exact) mass is 164 g/mol. The summed E-state index contributed by atoms with van der Waals surface area (Å²) in [6, 6.07) is 4.95. The number of rotatable bonds is 2. The minimum atomic E-state index is -0.0475. The molecule has 2 heteroatoms. The Morgan fingerprint density at radius 1 is 1.42 bits per heavy atom. The van der Waals surface area contributed by atoms with Crippen LogP contribution in [0.2, 0.25) is 0 Å². The van der Waals surface area contributed by atoms with Gasteiger partial charge in [-0.3, -0.25) is 0 Å². The van der Waals surface area contributed by atoms with Gasteiger partial charge in [-0.1, -0.05) is 18.2 Å². The lowest BCUT2D eigenvalue weighted by atomic mass is 10.1. The van der Waals surface area contributed by atoms with E-state index in [1.807, 2.05) is 19.1 Å². The molecule has 1 aromatic carbocycles. The fourth-order valence-corrected chi connectivity index (χ4v) is 1.07. The summed E-state index contributed by atoms with van der Waals surface area (Å²) >= 11 is 0. The van der Waals surface area contributed by atoms with Gasteiger partial charge in [0.2, 0.25) is 0 Å². The van der Waals surface area contributed by atoms with Crippen LogP contribution in [-0.2, 0) is 6.61 Å². The first-order valence-electron chi connectivity index (χ1n) is 3.83. The van der Waals surface area contributed by atoms with Crippen LogP contribution in [0.1, 0.15) is 18.1 Å². The largest absolute Gasteiger partial charge is 0.508 e. The Morgan fingerprint density at radius 3 is 2.75 bits per heavy atom. The van der Waals surface area contributed by atoms with E-state index < -0.39 is 0 Å². The second-order valence-electron chi connectivity index (χ2n) is 2.54. The maximum Gasteiger partial charge on any atom is 0.115 e. The summed E-state index contributed by atoms with van der Waals surface area (Å²) < 4.78 is 0. The second kappa shape index (κ2) is 3.93. The predicted molar refractivity (Wildman–Crippen MR) is 48.7 cm³/mol. The molecule has 1 rings (SSSR count). The van der Waals surface area contributed by atoms with Gasteiger partial charge in [0.25, 0.3) is 0 Å². The number of aromatic hydroxyl groups is 1. The third-order valence-electron chi connectivity index (χ3n) is 1.64. The molecule has 0 spiro atoms. The summed E-state index contributed by atoms with van der Waals surface area (Å²) in [6.07, 6.45) is 3.79. The van der Waals surface area contributed by atoms with Crippen molar-refractivity contribution in [2.75, 3.05) is 0 Å². The molecule has 0 saturated heterocycles. The van der Waals surface area contributed by atoms with Crippen LogP contribution in [0.15, 0.2) is 24.3 Å². The highest BCUT2D eigenvalue weighted by Gasteiger charge is 1.98. The Hall–Kier alpha value is -1.28. The minimum absolute atomic E-state index is 0.0475. The highest BCUT2D eigenvalue weighted by atomic mass is 16.3. The highest BCUT2D eigenvalue weighted by Crippen LogP contribution is 2.17. The third kappa shape index (κ3) is 1.86. The van der Waals surface area contributed by atoms with Crippen molar-refractivity contribution in [3.05, 3.63) is 35.4 Å². The van der Waals surface area contributed by atoms with Gasteiger partial charge < -0.3 is 10.2 Å². The fourth-order valence-electron chi connectivity index (χ4n) is 1.07. The SMILES string of the molecule is C/C=C/c1ccc(O)cc1CO. The van der Waals surface area contributed by atoms with Crippen LogP contribution in [0.25, 0.3) is 6.08 Å². The number of phenolic OH excluding ortho intramolecular Hbond substituents is 1. The smallest absolute Gasteiger partial charge is 0.115 e. The molecule has 0 heterocycles. The number of hydrogen-bond donors (Lipinski definition) is 2. The molecule has 0 saturated carbocycles. The topological polar surface area (TPSA) is 40.5 Å². The number of aliphatic hydroxyl groups is 1. The summed E-state index contributed by atoms with van der Waals surface area (Å²) in [4.78, 5) is 0. The van der Waals surface area contributed by atoms with Gasteiger partial charge in [-0.25, -0.2) is 0 Å². The molecule has 0 aliphatic heterocycles. The zero-order chi connectivity index (χ0) is 8.97. The molecule has 0 atom stereocenters.